The normalized spacial score (nSPS) is 12.5. The molecule has 4 nitrogen and oxygen atoms in total. The van der Waals surface area contributed by atoms with E-state index in [1.807, 2.05) is 69.8 Å². The Morgan fingerprint density at radius 3 is 2.19 bits per heavy atom. The summed E-state index contributed by atoms with van der Waals surface area (Å²) in [7, 11) is 4.29. The van der Waals surface area contributed by atoms with Crippen LogP contribution in [0.5, 0.6) is 0 Å². The number of benzene rings is 2. The van der Waals surface area contributed by atoms with Gasteiger partial charge in [-0.2, -0.15) is 0 Å². The van der Waals surface area contributed by atoms with Gasteiger partial charge in [-0.25, -0.2) is 0 Å². The Morgan fingerprint density at radius 1 is 0.962 bits per heavy atom. The minimum atomic E-state index is -0.337. The Morgan fingerprint density at radius 2 is 1.60 bits per heavy atom. The first-order chi connectivity index (χ1) is 24.0. The van der Waals surface area contributed by atoms with E-state index in [0.29, 0.717) is 5.92 Å². The molecule has 0 aliphatic rings. The molecule has 0 saturated heterocycles. The van der Waals surface area contributed by atoms with Gasteiger partial charge < -0.3 is 9.67 Å². The van der Waals surface area contributed by atoms with Crippen LogP contribution >= 0.6 is 11.3 Å². The molecule has 6 heteroatoms. The molecule has 0 spiro atoms. The van der Waals surface area contributed by atoms with Crippen LogP contribution in [0.25, 0.3) is 43.4 Å². The van der Waals surface area contributed by atoms with Crippen LogP contribution in [0, 0.1) is 29.9 Å². The zero-order valence-corrected chi connectivity index (χ0v) is 36.5. The molecule has 0 bridgehead atoms. The summed E-state index contributed by atoms with van der Waals surface area (Å²) in [6.07, 6.45) is 9.78. The number of hydrogen-bond donors (Lipinski definition) is 1. The molecule has 0 fully saturated rings. The molecular weight excluding hydrogens is 837 g/mol. The number of allylic oxidation sites excluding steroid dienone is 2. The average Bonchev–Trinajstić information content (AvgIpc) is 3.52. The summed E-state index contributed by atoms with van der Waals surface area (Å²) in [4.78, 5) is 17.0. The van der Waals surface area contributed by atoms with Crippen LogP contribution in [-0.4, -0.2) is 15.9 Å². The number of aromatic nitrogens is 2. The predicted octanol–water partition coefficient (Wildman–Crippen LogP) is 12.7. The van der Waals surface area contributed by atoms with Gasteiger partial charge in [-0.3, -0.25) is 9.78 Å². The molecule has 0 atom stereocenters. The second-order valence-electron chi connectivity index (χ2n) is 16.0. The van der Waals surface area contributed by atoms with Crippen LogP contribution in [0.4, 0.5) is 0 Å². The molecule has 1 radical (unpaired) electrons. The monoisotopic (exact) mass is 896 g/mol. The molecular formula is C46H59IrN2O2S-. The number of thiophene rings is 1. The number of nitrogens with zero attached hydrogens (tertiary/aromatic N) is 2. The van der Waals surface area contributed by atoms with Gasteiger partial charge in [0.2, 0.25) is 0 Å². The molecule has 0 aliphatic carbocycles. The Labute approximate surface area is 331 Å². The standard InChI is InChI=1S/C31H31N2S.C15H28O2.Ir/c1-20(2)15-24-19-34-28-11-13-32-30(29(24)28)22-12-14-33(6)27(18-22)23-16-21-9-7-8-10-25(21)26(17-23)31(3,4)5;1-7-14(5,8-2)12(16)11-13(17)15(6,9-3)10-4;/h7-14,17-20H,6,15H2,1-5H3;11,16H,7-10H2,1-6H3;/q-1;;/b;12-11-;. The predicted molar refractivity (Wildman–Crippen MR) is 218 cm³/mol. The van der Waals surface area contributed by atoms with E-state index in [1.54, 1.807) is 0 Å². The van der Waals surface area contributed by atoms with E-state index in [1.165, 1.54) is 32.7 Å². The van der Waals surface area contributed by atoms with Crippen LogP contribution in [0.15, 0.2) is 78.1 Å². The van der Waals surface area contributed by atoms with Gasteiger partial charge in [-0.05, 0) is 78.1 Å². The smallest absolute Gasteiger partial charge is 0.164 e. The molecule has 281 valence electrons. The number of rotatable bonds is 11. The zero-order valence-electron chi connectivity index (χ0n) is 33.2. The summed E-state index contributed by atoms with van der Waals surface area (Å²) >= 11 is 1.81. The van der Waals surface area contributed by atoms with E-state index < -0.39 is 0 Å². The quantitative estimate of drug-likeness (QED) is 0.0622. The van der Waals surface area contributed by atoms with E-state index in [-0.39, 0.29) is 47.9 Å². The van der Waals surface area contributed by atoms with Gasteiger partial charge >= 0.3 is 0 Å². The van der Waals surface area contributed by atoms with E-state index in [0.717, 1.165) is 60.0 Å². The summed E-state index contributed by atoms with van der Waals surface area (Å²) in [6, 6.07) is 21.0. The van der Waals surface area contributed by atoms with Crippen molar-refractivity contribution in [3.8, 4) is 22.5 Å². The minimum absolute atomic E-state index is 0. The first-order valence-electron chi connectivity index (χ1n) is 18.6. The zero-order chi connectivity index (χ0) is 37.7. The fourth-order valence-corrected chi connectivity index (χ4v) is 7.40. The molecule has 3 heterocycles. The Hall–Kier alpha value is -3.31. The average molecular weight is 896 g/mol. The fourth-order valence-electron chi connectivity index (χ4n) is 6.44. The third-order valence-electron chi connectivity index (χ3n) is 11.0. The number of carbonyl (C=O) groups is 1. The fraction of sp³-hybridized carbons (Fsp3) is 0.435. The molecule has 5 aromatic rings. The van der Waals surface area contributed by atoms with Crippen LogP contribution < -0.4 is 4.57 Å². The van der Waals surface area contributed by atoms with Gasteiger partial charge in [0, 0.05) is 60.3 Å². The first kappa shape index (κ1) is 43.1. The van der Waals surface area contributed by atoms with E-state index in [2.05, 4.69) is 102 Å². The molecule has 1 N–H and O–H groups in total. The van der Waals surface area contributed by atoms with Gasteiger partial charge in [-0.15, -0.1) is 40.5 Å². The maximum Gasteiger partial charge on any atom is 0.164 e. The number of ketones is 1. The van der Waals surface area contributed by atoms with Crippen molar-refractivity contribution in [1.82, 2.24) is 4.98 Å². The second kappa shape index (κ2) is 17.7. The number of fused-ring (bicyclic) bond motifs is 2. The molecule has 2 aromatic carbocycles. The van der Waals surface area contributed by atoms with Crippen molar-refractivity contribution < 1.29 is 34.6 Å². The molecule has 0 aliphatic heterocycles. The third kappa shape index (κ3) is 9.43. The Kier molecular flexibility index (Phi) is 14.6. The Bertz CT molecular complexity index is 2010. The number of pyridine rings is 2. The van der Waals surface area contributed by atoms with Crippen molar-refractivity contribution in [2.24, 2.45) is 16.7 Å². The van der Waals surface area contributed by atoms with Gasteiger partial charge in [0.25, 0.3) is 0 Å². The van der Waals surface area contributed by atoms with Crippen molar-refractivity contribution >= 4 is 38.0 Å². The molecule has 3 aromatic heterocycles. The first-order valence-corrected chi connectivity index (χ1v) is 19.5. The molecule has 52 heavy (non-hydrogen) atoms. The summed E-state index contributed by atoms with van der Waals surface area (Å²) in [5.74, 6) is 0.885. The maximum atomic E-state index is 12.2. The largest absolute Gasteiger partial charge is 0.512 e. The van der Waals surface area contributed by atoms with Crippen molar-refractivity contribution in [2.45, 2.75) is 114 Å². The Balaban J connectivity index is 0.000000347. The number of hydrogen-bond acceptors (Lipinski definition) is 4. The van der Waals surface area contributed by atoms with Crippen molar-refractivity contribution in [1.29, 1.82) is 0 Å². The van der Waals surface area contributed by atoms with Crippen molar-refractivity contribution in [3.05, 3.63) is 102 Å². The summed E-state index contributed by atoms with van der Waals surface area (Å²) in [6.45, 7) is 23.4. The minimum Gasteiger partial charge on any atom is -0.512 e. The van der Waals surface area contributed by atoms with Crippen LogP contribution in [0.1, 0.15) is 113 Å². The van der Waals surface area contributed by atoms with Crippen LogP contribution in [0.2, 0.25) is 0 Å². The summed E-state index contributed by atoms with van der Waals surface area (Å²) in [5.41, 5.74) is 6.37. The van der Waals surface area contributed by atoms with Gasteiger partial charge in [0.15, 0.2) is 5.78 Å². The van der Waals surface area contributed by atoms with Gasteiger partial charge in [0.05, 0.1) is 11.9 Å². The number of aliphatic hydroxyl groups excluding tert-OH is 1. The molecule has 0 saturated carbocycles. The summed E-state index contributed by atoms with van der Waals surface area (Å²) in [5, 5.41) is 16.1. The summed E-state index contributed by atoms with van der Waals surface area (Å²) < 4.78 is 3.24. The van der Waals surface area contributed by atoms with Gasteiger partial charge in [0.1, 0.15) is 11.5 Å². The van der Waals surface area contributed by atoms with Crippen LogP contribution in [0.3, 0.4) is 0 Å². The van der Waals surface area contributed by atoms with E-state index in [9.17, 15) is 9.90 Å². The topological polar surface area (TPSA) is 54.1 Å². The molecule has 0 unspecified atom stereocenters. The van der Waals surface area contributed by atoms with Crippen LogP contribution in [-0.2, 0) is 36.7 Å². The SMILES string of the molecule is CCC(C)(CC)C(=O)/C=C(\O)C(C)(CC)CC.[CH2-][n+]1ccc(-c2nccc3scc(CC(C)C)c23)cc1-c1[c-]c2ccccc2c(C(C)(C)C)c1.[Ir]. The number of carbonyl (C=O) groups excluding carboxylic acids is 1. The van der Waals surface area contributed by atoms with Gasteiger partial charge in [-0.1, -0.05) is 105 Å². The van der Waals surface area contributed by atoms with Crippen molar-refractivity contribution in [2.75, 3.05) is 0 Å². The number of aliphatic hydroxyl groups is 1. The van der Waals surface area contributed by atoms with E-state index >= 15 is 0 Å². The van der Waals surface area contributed by atoms with E-state index in [4.69, 9.17) is 4.98 Å². The molecule has 5 rings (SSSR count). The third-order valence-corrected chi connectivity index (χ3v) is 12.0. The second-order valence-corrected chi connectivity index (χ2v) is 16.9. The van der Waals surface area contributed by atoms with Crippen molar-refractivity contribution in [3.63, 3.8) is 0 Å². The molecule has 0 amide bonds. The maximum absolute atomic E-state index is 12.2.